The predicted molar refractivity (Wildman–Crippen MR) is 74.8 cm³/mol. The number of hydrogen-bond acceptors (Lipinski definition) is 3. The molecule has 20 heavy (non-hydrogen) atoms. The molecule has 1 atom stereocenters. The second-order valence-corrected chi connectivity index (χ2v) is 4.67. The molecule has 1 heterocycles. The molecule has 0 saturated carbocycles. The van der Waals surface area contributed by atoms with E-state index in [0.29, 0.717) is 12.2 Å². The molecule has 1 unspecified atom stereocenters. The lowest BCUT2D eigenvalue weighted by Gasteiger charge is -2.17. The molecule has 1 aromatic carbocycles. The van der Waals surface area contributed by atoms with E-state index in [1.807, 2.05) is 30.3 Å². The molecular formula is C15H18N3O2-. The Hall–Kier alpha value is -2.30. The first-order valence-corrected chi connectivity index (χ1v) is 6.78. The molecule has 1 amide bonds. The summed E-state index contributed by atoms with van der Waals surface area (Å²) >= 11 is 0. The summed E-state index contributed by atoms with van der Waals surface area (Å²) in [5, 5.41) is 13.2. The van der Waals surface area contributed by atoms with Crippen LogP contribution in [0.15, 0.2) is 36.5 Å². The lowest BCUT2D eigenvalue weighted by Crippen LogP contribution is -2.39. The molecule has 5 nitrogen and oxygen atoms in total. The second kappa shape index (κ2) is 6.75. The van der Waals surface area contributed by atoms with E-state index in [0.717, 1.165) is 24.1 Å². The average Bonchev–Trinajstić information content (AvgIpc) is 2.94. The van der Waals surface area contributed by atoms with Crippen LogP contribution in [0.4, 0.5) is 4.79 Å². The molecule has 2 rings (SSSR count). The molecule has 0 aliphatic carbocycles. The minimum Gasteiger partial charge on any atom is -0.530 e. The molecule has 5 heteroatoms. The van der Waals surface area contributed by atoms with Crippen molar-refractivity contribution >= 4 is 6.09 Å². The fourth-order valence-electron chi connectivity index (χ4n) is 2.11. The van der Waals surface area contributed by atoms with E-state index in [9.17, 15) is 9.90 Å². The lowest BCUT2D eigenvalue weighted by atomic mass is 10.1. The third-order valence-corrected chi connectivity index (χ3v) is 3.15. The number of aromatic nitrogens is 2. The van der Waals surface area contributed by atoms with Crippen LogP contribution >= 0.6 is 0 Å². The maximum Gasteiger partial charge on any atom is 0.134 e. The Balaban J connectivity index is 2.17. The summed E-state index contributed by atoms with van der Waals surface area (Å²) in [5.41, 5.74) is 1.90. The summed E-state index contributed by atoms with van der Waals surface area (Å²) in [5.74, 6) is 0.626. The maximum atomic E-state index is 10.8. The van der Waals surface area contributed by atoms with Gasteiger partial charge in [-0.05, 0) is 12.0 Å². The average molecular weight is 272 g/mol. The van der Waals surface area contributed by atoms with Crippen molar-refractivity contribution in [2.75, 3.05) is 0 Å². The Bertz CT molecular complexity index is 551. The van der Waals surface area contributed by atoms with Crippen molar-refractivity contribution in [3.05, 3.63) is 42.4 Å². The van der Waals surface area contributed by atoms with Gasteiger partial charge in [0, 0.05) is 0 Å². The van der Waals surface area contributed by atoms with Gasteiger partial charge in [0.15, 0.2) is 0 Å². The number of imidazole rings is 1. The molecule has 0 bridgehead atoms. The van der Waals surface area contributed by atoms with Crippen molar-refractivity contribution in [2.24, 2.45) is 0 Å². The van der Waals surface area contributed by atoms with Gasteiger partial charge in [-0.3, -0.25) is 0 Å². The minimum absolute atomic E-state index is 0.350. The van der Waals surface area contributed by atoms with Crippen LogP contribution in [0, 0.1) is 0 Å². The van der Waals surface area contributed by atoms with E-state index in [1.54, 1.807) is 6.20 Å². The van der Waals surface area contributed by atoms with Crippen LogP contribution in [0.3, 0.4) is 0 Å². The zero-order valence-electron chi connectivity index (χ0n) is 11.4. The van der Waals surface area contributed by atoms with Crippen molar-refractivity contribution in [3.8, 4) is 11.3 Å². The van der Waals surface area contributed by atoms with Gasteiger partial charge < -0.3 is 20.2 Å². The third kappa shape index (κ3) is 3.60. The standard InChI is InChI=1S/C15H19N3O2/c1-2-3-9-12(18-15(19)20)14-16-10-13(17-14)11-7-5-4-6-8-11/h4-8,10,12,18H,2-3,9H2,1H3,(H,16,17)(H,19,20)/p-1. The van der Waals surface area contributed by atoms with Gasteiger partial charge in [0.2, 0.25) is 0 Å². The van der Waals surface area contributed by atoms with E-state index in [2.05, 4.69) is 22.2 Å². The molecule has 0 saturated heterocycles. The Morgan fingerprint density at radius 1 is 1.40 bits per heavy atom. The molecule has 1 aromatic heterocycles. The smallest absolute Gasteiger partial charge is 0.134 e. The SMILES string of the molecule is CCCCC(NC(=O)[O-])c1ncc(-c2ccccc2)[nH]1. The van der Waals surface area contributed by atoms with E-state index in [1.165, 1.54) is 0 Å². The number of carbonyl (C=O) groups is 1. The molecule has 0 fully saturated rings. The van der Waals surface area contributed by atoms with Crippen LogP contribution in [0.5, 0.6) is 0 Å². The summed E-state index contributed by atoms with van der Waals surface area (Å²) in [6.45, 7) is 2.06. The number of amides is 1. The Kier molecular flexibility index (Phi) is 4.76. The normalized spacial score (nSPS) is 12.1. The summed E-state index contributed by atoms with van der Waals surface area (Å²) in [7, 11) is 0. The van der Waals surface area contributed by atoms with Crippen LogP contribution in [0.25, 0.3) is 11.3 Å². The van der Waals surface area contributed by atoms with Gasteiger partial charge >= 0.3 is 0 Å². The first-order chi connectivity index (χ1) is 9.70. The van der Waals surface area contributed by atoms with Gasteiger partial charge in [-0.1, -0.05) is 50.1 Å². The van der Waals surface area contributed by atoms with E-state index < -0.39 is 6.09 Å². The minimum atomic E-state index is -1.27. The third-order valence-electron chi connectivity index (χ3n) is 3.15. The number of nitrogens with one attached hydrogen (secondary N) is 2. The summed E-state index contributed by atoms with van der Waals surface area (Å²) < 4.78 is 0. The zero-order valence-corrected chi connectivity index (χ0v) is 11.4. The van der Waals surface area contributed by atoms with Crippen molar-refractivity contribution in [1.82, 2.24) is 15.3 Å². The highest BCUT2D eigenvalue weighted by atomic mass is 16.4. The summed E-state index contributed by atoms with van der Waals surface area (Å²) in [4.78, 5) is 18.2. The van der Waals surface area contributed by atoms with Gasteiger partial charge in [-0.15, -0.1) is 0 Å². The number of nitrogens with zero attached hydrogens (tertiary/aromatic N) is 1. The van der Waals surface area contributed by atoms with E-state index >= 15 is 0 Å². The Labute approximate surface area is 118 Å². The largest absolute Gasteiger partial charge is 0.530 e. The molecule has 0 aliphatic heterocycles. The van der Waals surface area contributed by atoms with Crippen molar-refractivity contribution in [3.63, 3.8) is 0 Å². The Morgan fingerprint density at radius 2 is 2.15 bits per heavy atom. The number of rotatable bonds is 6. The zero-order chi connectivity index (χ0) is 14.4. The highest BCUT2D eigenvalue weighted by Crippen LogP contribution is 2.21. The maximum absolute atomic E-state index is 10.8. The summed E-state index contributed by atoms with van der Waals surface area (Å²) in [6.07, 6.45) is 3.07. The fourth-order valence-corrected chi connectivity index (χ4v) is 2.11. The van der Waals surface area contributed by atoms with Gasteiger partial charge in [0.25, 0.3) is 0 Å². The number of aromatic amines is 1. The van der Waals surface area contributed by atoms with E-state index in [4.69, 9.17) is 0 Å². The van der Waals surface area contributed by atoms with Gasteiger partial charge in [0.05, 0.1) is 17.9 Å². The highest BCUT2D eigenvalue weighted by Gasteiger charge is 2.14. The molecule has 0 aliphatic rings. The number of benzene rings is 1. The van der Waals surface area contributed by atoms with Crippen LogP contribution in [0.2, 0.25) is 0 Å². The molecule has 0 spiro atoms. The molecule has 0 radical (unpaired) electrons. The van der Waals surface area contributed by atoms with E-state index in [-0.39, 0.29) is 6.04 Å². The fraction of sp³-hybridized carbons (Fsp3) is 0.333. The first kappa shape index (κ1) is 14.1. The molecular weight excluding hydrogens is 254 g/mol. The molecule has 2 N–H and O–H groups in total. The van der Waals surface area contributed by atoms with Crippen LogP contribution in [-0.4, -0.2) is 16.1 Å². The van der Waals surface area contributed by atoms with Gasteiger partial charge in [-0.2, -0.15) is 0 Å². The quantitative estimate of drug-likeness (QED) is 0.846. The predicted octanol–water partition coefficient (Wildman–Crippen LogP) is 2.24. The number of unbranched alkanes of at least 4 members (excludes halogenated alkanes) is 1. The van der Waals surface area contributed by atoms with Crippen molar-refractivity contribution < 1.29 is 9.90 Å². The monoisotopic (exact) mass is 272 g/mol. The topological polar surface area (TPSA) is 80.8 Å². The number of hydrogen-bond donors (Lipinski definition) is 2. The van der Waals surface area contributed by atoms with Crippen molar-refractivity contribution in [1.29, 1.82) is 0 Å². The van der Waals surface area contributed by atoms with Gasteiger partial charge in [-0.25, -0.2) is 4.98 Å². The van der Waals surface area contributed by atoms with Gasteiger partial charge in [0.1, 0.15) is 11.9 Å². The number of carboxylic acid groups (broad SMARTS) is 1. The van der Waals surface area contributed by atoms with Crippen LogP contribution in [0.1, 0.15) is 38.1 Å². The summed E-state index contributed by atoms with van der Waals surface area (Å²) in [6, 6.07) is 9.45. The van der Waals surface area contributed by atoms with Crippen molar-refractivity contribution in [2.45, 2.75) is 32.2 Å². The first-order valence-electron chi connectivity index (χ1n) is 6.78. The highest BCUT2D eigenvalue weighted by molar-refractivity contribution is 5.63. The lowest BCUT2D eigenvalue weighted by molar-refractivity contribution is -0.251. The van der Waals surface area contributed by atoms with Crippen LogP contribution < -0.4 is 10.4 Å². The molecule has 106 valence electrons. The second-order valence-electron chi connectivity index (χ2n) is 4.67. The van der Waals surface area contributed by atoms with Crippen LogP contribution in [-0.2, 0) is 0 Å². The number of carbonyl (C=O) groups excluding carboxylic acids is 1. The number of H-pyrrole nitrogens is 1. The Morgan fingerprint density at radius 3 is 2.80 bits per heavy atom. The molecule has 2 aromatic rings.